The van der Waals surface area contributed by atoms with Gasteiger partial charge in [0.05, 0.1) is 16.4 Å². The molecule has 9 heteroatoms. The van der Waals surface area contributed by atoms with Crippen LogP contribution < -0.4 is 10.5 Å². The average Bonchev–Trinajstić information content (AvgIpc) is 2.37. The molecule has 112 valence electrons. The van der Waals surface area contributed by atoms with Crippen molar-refractivity contribution in [3.05, 3.63) is 50.1 Å². The van der Waals surface area contributed by atoms with Gasteiger partial charge in [0.25, 0.3) is 10.0 Å². The van der Waals surface area contributed by atoms with Crippen LogP contribution >= 0.6 is 43.5 Å². The highest BCUT2D eigenvalue weighted by atomic mass is 79.9. The van der Waals surface area contributed by atoms with Crippen molar-refractivity contribution in [2.75, 3.05) is 10.5 Å². The monoisotopic (exact) mass is 456 g/mol. The Balaban J connectivity index is 2.46. The fourth-order valence-corrected chi connectivity index (χ4v) is 4.43. The minimum Gasteiger partial charge on any atom is -0.396 e. The van der Waals surface area contributed by atoms with Crippen LogP contribution in [0.2, 0.25) is 5.02 Å². The van der Waals surface area contributed by atoms with E-state index < -0.39 is 15.8 Å². The SMILES string of the molecule is Nc1cc(S(=O)(=O)Nc2ccc(Br)cc2Cl)c(Br)cc1F. The molecule has 0 fully saturated rings. The lowest BCUT2D eigenvalue weighted by molar-refractivity contribution is 0.599. The first-order valence-electron chi connectivity index (χ1n) is 5.43. The molecule has 3 N–H and O–H groups in total. The van der Waals surface area contributed by atoms with Gasteiger partial charge in [-0.3, -0.25) is 4.72 Å². The van der Waals surface area contributed by atoms with Gasteiger partial charge in [-0.25, -0.2) is 12.8 Å². The van der Waals surface area contributed by atoms with Crippen molar-refractivity contribution in [2.24, 2.45) is 0 Å². The number of nitrogen functional groups attached to an aromatic ring is 1. The van der Waals surface area contributed by atoms with Gasteiger partial charge < -0.3 is 5.73 Å². The number of rotatable bonds is 3. The number of benzene rings is 2. The van der Waals surface area contributed by atoms with Gasteiger partial charge in [-0.2, -0.15) is 0 Å². The van der Waals surface area contributed by atoms with E-state index in [0.717, 1.165) is 12.1 Å². The van der Waals surface area contributed by atoms with E-state index in [1.54, 1.807) is 12.1 Å². The summed E-state index contributed by atoms with van der Waals surface area (Å²) < 4.78 is 41.1. The summed E-state index contributed by atoms with van der Waals surface area (Å²) in [4.78, 5) is -0.180. The van der Waals surface area contributed by atoms with E-state index in [1.807, 2.05) is 0 Å². The van der Waals surface area contributed by atoms with Gasteiger partial charge in [-0.1, -0.05) is 27.5 Å². The van der Waals surface area contributed by atoms with Gasteiger partial charge in [0.2, 0.25) is 0 Å². The van der Waals surface area contributed by atoms with Crippen molar-refractivity contribution in [3.8, 4) is 0 Å². The van der Waals surface area contributed by atoms with Crippen molar-refractivity contribution in [1.29, 1.82) is 0 Å². The lowest BCUT2D eigenvalue weighted by atomic mass is 10.3. The Morgan fingerprint density at radius 1 is 1.19 bits per heavy atom. The molecule has 0 amide bonds. The summed E-state index contributed by atoms with van der Waals surface area (Å²) in [7, 11) is -3.96. The largest absolute Gasteiger partial charge is 0.396 e. The molecule has 2 aromatic carbocycles. The second-order valence-electron chi connectivity index (χ2n) is 4.03. The summed E-state index contributed by atoms with van der Waals surface area (Å²) >= 11 is 12.2. The third-order valence-corrected chi connectivity index (χ3v) is 5.65. The highest BCUT2D eigenvalue weighted by molar-refractivity contribution is 9.10. The van der Waals surface area contributed by atoms with Gasteiger partial charge in [0.15, 0.2) is 0 Å². The number of anilines is 2. The van der Waals surface area contributed by atoms with Crippen molar-refractivity contribution in [3.63, 3.8) is 0 Å². The first-order valence-corrected chi connectivity index (χ1v) is 8.88. The molecule has 0 spiro atoms. The fraction of sp³-hybridized carbons (Fsp3) is 0. The third kappa shape index (κ3) is 3.68. The number of sulfonamides is 1. The molecule has 0 saturated heterocycles. The molecule has 2 rings (SSSR count). The second-order valence-corrected chi connectivity index (χ2v) is 7.86. The normalized spacial score (nSPS) is 11.4. The zero-order valence-electron chi connectivity index (χ0n) is 10.2. The number of nitrogens with two attached hydrogens (primary N) is 1. The first-order chi connectivity index (χ1) is 9.70. The van der Waals surface area contributed by atoms with Crippen molar-refractivity contribution < 1.29 is 12.8 Å². The predicted molar refractivity (Wildman–Crippen MR) is 88.5 cm³/mol. The maximum Gasteiger partial charge on any atom is 0.263 e. The topological polar surface area (TPSA) is 72.2 Å². The Morgan fingerprint density at radius 2 is 1.86 bits per heavy atom. The summed E-state index contributed by atoms with van der Waals surface area (Å²) in [6.45, 7) is 0. The number of hydrogen-bond acceptors (Lipinski definition) is 3. The van der Waals surface area contributed by atoms with E-state index in [4.69, 9.17) is 17.3 Å². The molecule has 0 saturated carbocycles. The molecule has 0 radical (unpaired) electrons. The van der Waals surface area contributed by atoms with E-state index >= 15 is 0 Å². The van der Waals surface area contributed by atoms with Crippen LogP contribution in [0.25, 0.3) is 0 Å². The van der Waals surface area contributed by atoms with Crippen molar-refractivity contribution >= 4 is 64.9 Å². The van der Waals surface area contributed by atoms with Crippen LogP contribution in [0, 0.1) is 5.82 Å². The quantitative estimate of drug-likeness (QED) is 0.671. The van der Waals surface area contributed by atoms with E-state index in [2.05, 4.69) is 36.6 Å². The van der Waals surface area contributed by atoms with Crippen LogP contribution in [0.15, 0.2) is 44.2 Å². The summed E-state index contributed by atoms with van der Waals surface area (Å²) in [5.74, 6) is -0.706. The molecule has 0 heterocycles. The van der Waals surface area contributed by atoms with E-state index in [0.29, 0.717) is 4.47 Å². The Hall–Kier alpha value is -0.830. The Kier molecular flexibility index (Phi) is 4.82. The molecule has 0 aliphatic heterocycles. The Morgan fingerprint density at radius 3 is 2.48 bits per heavy atom. The summed E-state index contributed by atoms with van der Waals surface area (Å²) in [6.07, 6.45) is 0. The zero-order valence-corrected chi connectivity index (χ0v) is 14.9. The molecule has 21 heavy (non-hydrogen) atoms. The lowest BCUT2D eigenvalue weighted by Gasteiger charge is -2.12. The second kappa shape index (κ2) is 6.12. The minimum absolute atomic E-state index is 0.0648. The van der Waals surface area contributed by atoms with E-state index in [9.17, 15) is 12.8 Å². The zero-order chi connectivity index (χ0) is 15.8. The summed E-state index contributed by atoms with van der Waals surface area (Å²) in [6, 6.07) is 6.72. The molecular weight excluding hydrogens is 450 g/mol. The fourth-order valence-electron chi connectivity index (χ4n) is 1.52. The molecule has 0 atom stereocenters. The van der Waals surface area contributed by atoms with Gasteiger partial charge in [-0.15, -0.1) is 0 Å². The van der Waals surface area contributed by atoms with Gasteiger partial charge in [0.1, 0.15) is 10.7 Å². The molecule has 0 aliphatic rings. The number of halogens is 4. The molecular formula is C12H8Br2ClFN2O2S. The molecule has 0 aliphatic carbocycles. The molecule has 0 bridgehead atoms. The molecule has 0 unspecified atom stereocenters. The van der Waals surface area contributed by atoms with Gasteiger partial charge in [-0.05, 0) is 46.3 Å². The van der Waals surface area contributed by atoms with Crippen molar-refractivity contribution in [1.82, 2.24) is 0 Å². The lowest BCUT2D eigenvalue weighted by Crippen LogP contribution is -2.14. The third-order valence-electron chi connectivity index (χ3n) is 2.52. The van der Waals surface area contributed by atoms with Crippen LogP contribution in [0.5, 0.6) is 0 Å². The maximum absolute atomic E-state index is 13.3. The van der Waals surface area contributed by atoms with Gasteiger partial charge >= 0.3 is 0 Å². The van der Waals surface area contributed by atoms with Crippen LogP contribution in [-0.2, 0) is 10.0 Å². The van der Waals surface area contributed by atoms with Crippen molar-refractivity contribution in [2.45, 2.75) is 4.90 Å². The summed E-state index contributed by atoms with van der Waals surface area (Å²) in [5, 5.41) is 0.221. The Labute approximate surface area is 142 Å². The number of hydrogen-bond donors (Lipinski definition) is 2. The summed E-state index contributed by atoms with van der Waals surface area (Å²) in [5.41, 5.74) is 5.35. The molecule has 4 nitrogen and oxygen atoms in total. The van der Waals surface area contributed by atoms with Crippen LogP contribution in [0.1, 0.15) is 0 Å². The Bertz CT molecular complexity index is 815. The predicted octanol–water partition coefficient (Wildman–Crippen LogP) is 4.39. The molecule has 2 aromatic rings. The van der Waals surface area contributed by atoms with Crippen LogP contribution in [0.3, 0.4) is 0 Å². The van der Waals surface area contributed by atoms with E-state index in [-0.39, 0.29) is 25.8 Å². The smallest absolute Gasteiger partial charge is 0.263 e. The number of nitrogens with one attached hydrogen (secondary N) is 1. The minimum atomic E-state index is -3.96. The standard InChI is InChI=1S/C12H8Br2ClFN2O2S/c13-6-1-2-11(8(15)3-6)18-21(19,20)12-5-10(17)9(16)4-7(12)14/h1-5,18H,17H2. The van der Waals surface area contributed by atoms with Crippen LogP contribution in [-0.4, -0.2) is 8.42 Å². The van der Waals surface area contributed by atoms with Crippen LogP contribution in [0.4, 0.5) is 15.8 Å². The average molecular weight is 459 g/mol. The maximum atomic E-state index is 13.3. The molecule has 0 aromatic heterocycles. The first kappa shape index (κ1) is 16.5. The highest BCUT2D eigenvalue weighted by Gasteiger charge is 2.21. The highest BCUT2D eigenvalue weighted by Crippen LogP contribution is 2.31. The van der Waals surface area contributed by atoms with Gasteiger partial charge in [0, 0.05) is 8.95 Å². The van der Waals surface area contributed by atoms with E-state index in [1.165, 1.54) is 6.07 Å².